The minimum absolute atomic E-state index is 0.115. The van der Waals surface area contributed by atoms with Gasteiger partial charge in [0.25, 0.3) is 0 Å². The molecule has 210 valence electrons. The van der Waals surface area contributed by atoms with E-state index in [1.54, 1.807) is 0 Å². The Hall–Kier alpha value is -2.54. The number of hydrogen-bond donors (Lipinski definition) is 3. The lowest BCUT2D eigenvalue weighted by molar-refractivity contribution is -0.00576. The number of halogens is 1. The molecule has 1 amide bonds. The maximum atomic E-state index is 11.4. The van der Waals surface area contributed by atoms with E-state index in [4.69, 9.17) is 21.3 Å². The molecule has 1 saturated carbocycles. The summed E-state index contributed by atoms with van der Waals surface area (Å²) in [5.41, 5.74) is 1.000. The van der Waals surface area contributed by atoms with Crippen molar-refractivity contribution >= 4 is 23.7 Å². The van der Waals surface area contributed by atoms with Crippen LogP contribution in [0.2, 0.25) is 5.02 Å². The van der Waals surface area contributed by atoms with Crippen molar-refractivity contribution in [3.8, 4) is 6.19 Å². The van der Waals surface area contributed by atoms with Crippen molar-refractivity contribution < 1.29 is 14.3 Å². The number of carbonyl (C=O) groups is 1. The van der Waals surface area contributed by atoms with E-state index in [-0.39, 0.29) is 18.1 Å². The van der Waals surface area contributed by atoms with Gasteiger partial charge in [-0.2, -0.15) is 5.26 Å². The van der Waals surface area contributed by atoms with Gasteiger partial charge in [0, 0.05) is 37.1 Å². The molecule has 3 atom stereocenters. The van der Waals surface area contributed by atoms with Gasteiger partial charge in [0.05, 0.1) is 25.9 Å². The number of piperidine rings is 1. The molecule has 0 radical (unpaired) electrons. The van der Waals surface area contributed by atoms with E-state index < -0.39 is 6.09 Å². The van der Waals surface area contributed by atoms with E-state index in [9.17, 15) is 10.1 Å². The van der Waals surface area contributed by atoms with Crippen LogP contribution in [0, 0.1) is 23.3 Å². The number of rotatable bonds is 11. The molecule has 1 unspecified atom stereocenters. The number of nitrogens with one attached hydrogen (secondary N) is 3. The number of methoxy groups -OCH3 is 1. The highest BCUT2D eigenvalue weighted by molar-refractivity contribution is 6.30. The van der Waals surface area contributed by atoms with Crippen molar-refractivity contribution in [3.63, 3.8) is 0 Å². The first-order valence-corrected chi connectivity index (χ1v) is 14.2. The lowest BCUT2D eigenvalue weighted by atomic mass is 9.85. The number of guanidine groups is 1. The van der Waals surface area contributed by atoms with Crippen LogP contribution in [0.15, 0.2) is 29.3 Å². The largest absolute Gasteiger partial charge is 0.453 e. The minimum Gasteiger partial charge on any atom is -0.453 e. The van der Waals surface area contributed by atoms with Gasteiger partial charge in [-0.15, -0.1) is 0 Å². The van der Waals surface area contributed by atoms with Gasteiger partial charge in [-0.05, 0) is 49.9 Å². The second-order valence-electron chi connectivity index (χ2n) is 10.3. The Labute approximate surface area is 232 Å². The Balaban J connectivity index is 1.75. The quantitative estimate of drug-likeness (QED) is 0.124. The smallest absolute Gasteiger partial charge is 0.406 e. The van der Waals surface area contributed by atoms with Crippen LogP contribution in [0.3, 0.4) is 0 Å². The average molecular weight is 547 g/mol. The molecule has 3 rings (SSSR count). The van der Waals surface area contributed by atoms with Crippen LogP contribution in [0.4, 0.5) is 4.79 Å². The summed E-state index contributed by atoms with van der Waals surface area (Å²) in [6.45, 7) is 2.99. The predicted molar refractivity (Wildman–Crippen MR) is 150 cm³/mol. The second kappa shape index (κ2) is 16.4. The highest BCUT2D eigenvalue weighted by Gasteiger charge is 2.31. The number of likely N-dealkylation sites (N-methyl/N-ethyl adjacent to an activating group) is 1. The number of carbonyl (C=O) groups excluding carboxylic acids is 1. The Bertz CT molecular complexity index is 933. The van der Waals surface area contributed by atoms with E-state index in [1.807, 2.05) is 31.3 Å². The zero-order valence-electron chi connectivity index (χ0n) is 22.8. The average Bonchev–Trinajstić information content (AvgIpc) is 2.93. The SMILES string of the molecule is CNC[C@H](CC1CCCCC1)N=C(NC#N)N1CCC[C@@H](C(OCCNC(=O)OC)c2cccc(Cl)c2)C1. The van der Waals surface area contributed by atoms with Gasteiger partial charge in [0.15, 0.2) is 6.19 Å². The molecule has 1 heterocycles. The molecule has 3 N–H and O–H groups in total. The van der Waals surface area contributed by atoms with Crippen LogP contribution in [0.25, 0.3) is 0 Å². The van der Waals surface area contributed by atoms with Crippen molar-refractivity contribution in [3.05, 3.63) is 34.9 Å². The Morgan fingerprint density at radius 1 is 1.26 bits per heavy atom. The summed E-state index contributed by atoms with van der Waals surface area (Å²) < 4.78 is 11.0. The third kappa shape index (κ3) is 9.64. The van der Waals surface area contributed by atoms with Gasteiger partial charge in [-0.25, -0.2) is 9.79 Å². The van der Waals surface area contributed by atoms with Gasteiger partial charge in [0.2, 0.25) is 5.96 Å². The lowest BCUT2D eigenvalue weighted by Gasteiger charge is -2.38. The molecule has 1 aliphatic heterocycles. The van der Waals surface area contributed by atoms with Crippen LogP contribution in [0.1, 0.15) is 63.0 Å². The van der Waals surface area contributed by atoms with E-state index in [0.717, 1.165) is 37.9 Å². The number of amides is 1. The van der Waals surface area contributed by atoms with Crippen LogP contribution in [-0.4, -0.2) is 69.9 Å². The van der Waals surface area contributed by atoms with E-state index in [1.165, 1.54) is 39.2 Å². The highest BCUT2D eigenvalue weighted by atomic mass is 35.5. The fraction of sp³-hybridized carbons (Fsp3) is 0.679. The normalized spacial score (nSPS) is 20.3. The maximum Gasteiger partial charge on any atom is 0.406 e. The Morgan fingerprint density at radius 2 is 2.08 bits per heavy atom. The molecule has 1 saturated heterocycles. The van der Waals surface area contributed by atoms with Gasteiger partial charge < -0.3 is 25.0 Å². The third-order valence-corrected chi connectivity index (χ3v) is 7.69. The maximum absolute atomic E-state index is 11.4. The van der Waals surface area contributed by atoms with E-state index in [0.29, 0.717) is 36.6 Å². The summed E-state index contributed by atoms with van der Waals surface area (Å²) in [7, 11) is 3.30. The molecule has 0 spiro atoms. The topological polar surface area (TPSA) is 111 Å². The van der Waals surface area contributed by atoms with Gasteiger partial charge in [-0.1, -0.05) is 55.8 Å². The van der Waals surface area contributed by atoms with Gasteiger partial charge in [-0.3, -0.25) is 5.32 Å². The fourth-order valence-corrected chi connectivity index (χ4v) is 5.89. The first-order valence-electron chi connectivity index (χ1n) is 13.8. The summed E-state index contributed by atoms with van der Waals surface area (Å²) in [6.07, 6.45) is 10.9. The number of hydrogen-bond acceptors (Lipinski definition) is 6. The van der Waals surface area contributed by atoms with Gasteiger partial charge >= 0.3 is 6.09 Å². The van der Waals surface area contributed by atoms with Crippen molar-refractivity contribution in [2.45, 2.75) is 63.5 Å². The first-order chi connectivity index (χ1) is 18.5. The fourth-order valence-electron chi connectivity index (χ4n) is 5.69. The number of likely N-dealkylation sites (tertiary alicyclic amines) is 1. The predicted octanol–water partition coefficient (Wildman–Crippen LogP) is 4.45. The van der Waals surface area contributed by atoms with Crippen molar-refractivity contribution in [2.75, 3.05) is 46.9 Å². The zero-order valence-corrected chi connectivity index (χ0v) is 23.5. The van der Waals surface area contributed by atoms with Crippen LogP contribution in [-0.2, 0) is 9.47 Å². The van der Waals surface area contributed by atoms with E-state index in [2.05, 4.69) is 31.8 Å². The van der Waals surface area contributed by atoms with Crippen LogP contribution >= 0.6 is 11.6 Å². The summed E-state index contributed by atoms with van der Waals surface area (Å²) >= 11 is 6.33. The molecule has 2 fully saturated rings. The summed E-state index contributed by atoms with van der Waals surface area (Å²) in [5.74, 6) is 1.50. The number of benzene rings is 1. The molecule has 1 aliphatic carbocycles. The van der Waals surface area contributed by atoms with Gasteiger partial charge in [0.1, 0.15) is 0 Å². The van der Waals surface area contributed by atoms with Crippen LogP contribution in [0.5, 0.6) is 0 Å². The lowest BCUT2D eigenvalue weighted by Crippen LogP contribution is -2.47. The molecular formula is C28H43ClN6O3. The number of ether oxygens (including phenoxy) is 2. The number of nitrogens with zero attached hydrogens (tertiary/aromatic N) is 3. The monoisotopic (exact) mass is 546 g/mol. The molecule has 1 aromatic carbocycles. The Kier molecular flexibility index (Phi) is 13.0. The summed E-state index contributed by atoms with van der Waals surface area (Å²) in [5, 5.41) is 19.1. The Morgan fingerprint density at radius 3 is 2.79 bits per heavy atom. The number of nitriles is 1. The van der Waals surface area contributed by atoms with Crippen molar-refractivity contribution in [1.29, 1.82) is 5.26 Å². The summed E-state index contributed by atoms with van der Waals surface area (Å²) in [6, 6.07) is 7.86. The van der Waals surface area contributed by atoms with E-state index >= 15 is 0 Å². The standard InChI is InChI=1S/C28H43ClN6O3/c1-31-18-25(16-21-8-4-3-5-9-21)34-27(33-20-30)35-14-7-11-23(19-35)26(22-10-6-12-24(29)17-22)38-15-13-32-28(36)37-2/h6,10,12,17,21,23,25-26,31H,3-5,7-9,11,13-16,18-19H2,1-2H3,(H,32,36)(H,33,34)/t23-,25+,26?/m1/s1. The molecular weight excluding hydrogens is 504 g/mol. The molecule has 38 heavy (non-hydrogen) atoms. The zero-order chi connectivity index (χ0) is 27.2. The highest BCUT2D eigenvalue weighted by Crippen LogP contribution is 2.34. The second-order valence-corrected chi connectivity index (χ2v) is 10.7. The molecule has 2 aliphatic rings. The summed E-state index contributed by atoms with van der Waals surface area (Å²) in [4.78, 5) is 18.7. The first kappa shape index (κ1) is 30.0. The molecule has 1 aromatic rings. The third-order valence-electron chi connectivity index (χ3n) is 7.46. The molecule has 10 heteroatoms. The molecule has 9 nitrogen and oxygen atoms in total. The van der Waals surface area contributed by atoms with Crippen molar-refractivity contribution in [1.82, 2.24) is 20.9 Å². The number of alkyl carbamates (subject to hydrolysis) is 1. The van der Waals surface area contributed by atoms with Crippen molar-refractivity contribution in [2.24, 2.45) is 16.8 Å². The minimum atomic E-state index is -0.482. The molecule has 0 aromatic heterocycles. The molecule has 0 bridgehead atoms. The van der Waals surface area contributed by atoms with Crippen LogP contribution < -0.4 is 16.0 Å². The number of aliphatic imine (C=N–C) groups is 1.